The van der Waals surface area contributed by atoms with Crippen molar-refractivity contribution in [3.63, 3.8) is 0 Å². The van der Waals surface area contributed by atoms with Crippen molar-refractivity contribution in [3.05, 3.63) is 52.5 Å². The first-order valence-corrected chi connectivity index (χ1v) is 6.46. The lowest BCUT2D eigenvalue weighted by atomic mass is 10.1. The average molecular weight is 253 g/mol. The number of nitrogens with zero attached hydrogens (tertiary/aromatic N) is 1. The van der Waals surface area contributed by atoms with Crippen molar-refractivity contribution in [2.45, 2.75) is 11.9 Å². The summed E-state index contributed by atoms with van der Waals surface area (Å²) in [6, 6.07) is 10.1. The number of thiazole rings is 1. The molecule has 1 aromatic heterocycles. The molecule has 0 bridgehead atoms. The third-order valence-corrected chi connectivity index (χ3v) is 3.43. The number of benzene rings is 1. The lowest BCUT2D eigenvalue weighted by molar-refractivity contribution is 0.672. The first kappa shape index (κ1) is 11.6. The van der Waals surface area contributed by atoms with Crippen LogP contribution >= 0.6 is 22.9 Å². The molecule has 0 radical (unpaired) electrons. The number of hydrogen-bond donors (Lipinski definition) is 1. The maximum absolute atomic E-state index is 6.27. The van der Waals surface area contributed by atoms with Gasteiger partial charge in [0.25, 0.3) is 0 Å². The summed E-state index contributed by atoms with van der Waals surface area (Å²) in [6.45, 7) is 1.54. The van der Waals surface area contributed by atoms with Gasteiger partial charge in [0.05, 0.1) is 5.38 Å². The Hall–Kier alpha value is -0.900. The minimum atomic E-state index is 0.0150. The minimum Gasteiger partial charge on any atom is -0.309 e. The van der Waals surface area contributed by atoms with Crippen molar-refractivity contribution in [1.82, 2.24) is 10.3 Å². The van der Waals surface area contributed by atoms with Crippen LogP contribution in [0.1, 0.15) is 15.9 Å². The van der Waals surface area contributed by atoms with E-state index in [0.29, 0.717) is 0 Å². The highest BCUT2D eigenvalue weighted by Gasteiger charge is 2.06. The molecule has 2 aromatic rings. The molecule has 0 amide bonds. The Morgan fingerprint density at radius 3 is 2.81 bits per heavy atom. The van der Waals surface area contributed by atoms with Crippen molar-refractivity contribution in [1.29, 1.82) is 0 Å². The summed E-state index contributed by atoms with van der Waals surface area (Å²) in [7, 11) is 0. The molecule has 0 aliphatic heterocycles. The molecule has 1 heterocycles. The molecule has 0 saturated heterocycles. The summed E-state index contributed by atoms with van der Waals surface area (Å²) in [5.41, 5.74) is 1.15. The Labute approximate surface area is 104 Å². The van der Waals surface area contributed by atoms with Gasteiger partial charge in [-0.2, -0.15) is 0 Å². The van der Waals surface area contributed by atoms with Gasteiger partial charge in [-0.15, -0.1) is 22.9 Å². The van der Waals surface area contributed by atoms with E-state index in [0.717, 1.165) is 23.7 Å². The fourth-order valence-corrected chi connectivity index (χ4v) is 2.27. The molecule has 0 saturated carbocycles. The van der Waals surface area contributed by atoms with E-state index < -0.39 is 0 Å². The normalized spacial score (nSPS) is 12.6. The standard InChI is InChI=1S/C12H13ClN2S/c13-11(10-4-2-1-3-5-10)8-14-9-12-15-6-7-16-12/h1-7,11,14H,8-9H2. The summed E-state index contributed by atoms with van der Waals surface area (Å²) >= 11 is 7.92. The van der Waals surface area contributed by atoms with Crippen LogP contribution in [-0.4, -0.2) is 11.5 Å². The monoisotopic (exact) mass is 252 g/mol. The summed E-state index contributed by atoms with van der Waals surface area (Å²) < 4.78 is 0. The number of nitrogens with one attached hydrogen (secondary N) is 1. The number of rotatable bonds is 5. The van der Waals surface area contributed by atoms with Gasteiger partial charge in [-0.1, -0.05) is 30.3 Å². The Morgan fingerprint density at radius 1 is 1.31 bits per heavy atom. The van der Waals surface area contributed by atoms with Crippen LogP contribution in [0.2, 0.25) is 0 Å². The highest BCUT2D eigenvalue weighted by molar-refractivity contribution is 7.09. The summed E-state index contributed by atoms with van der Waals surface area (Å²) in [5.74, 6) is 0. The molecule has 0 fully saturated rings. The molecule has 1 N–H and O–H groups in total. The largest absolute Gasteiger partial charge is 0.309 e. The minimum absolute atomic E-state index is 0.0150. The fraction of sp³-hybridized carbons (Fsp3) is 0.250. The second kappa shape index (κ2) is 5.99. The van der Waals surface area contributed by atoms with Gasteiger partial charge >= 0.3 is 0 Å². The highest BCUT2D eigenvalue weighted by Crippen LogP contribution is 2.18. The number of hydrogen-bond acceptors (Lipinski definition) is 3. The van der Waals surface area contributed by atoms with Gasteiger partial charge in [0, 0.05) is 24.7 Å². The Morgan fingerprint density at radius 2 is 2.12 bits per heavy atom. The molecule has 84 valence electrons. The lowest BCUT2D eigenvalue weighted by Gasteiger charge is -2.10. The van der Waals surface area contributed by atoms with Crippen molar-refractivity contribution in [2.24, 2.45) is 0 Å². The van der Waals surface area contributed by atoms with Crippen LogP contribution in [0.3, 0.4) is 0 Å². The van der Waals surface area contributed by atoms with E-state index in [1.807, 2.05) is 41.9 Å². The van der Waals surface area contributed by atoms with Crippen molar-refractivity contribution >= 4 is 22.9 Å². The van der Waals surface area contributed by atoms with E-state index in [1.54, 1.807) is 11.3 Å². The van der Waals surface area contributed by atoms with Gasteiger partial charge < -0.3 is 5.32 Å². The predicted octanol–water partition coefficient (Wildman–Crippen LogP) is 3.21. The highest BCUT2D eigenvalue weighted by atomic mass is 35.5. The topological polar surface area (TPSA) is 24.9 Å². The van der Waals surface area contributed by atoms with Gasteiger partial charge in [-0.25, -0.2) is 4.98 Å². The maximum atomic E-state index is 6.27. The van der Waals surface area contributed by atoms with Crippen LogP contribution in [0.25, 0.3) is 0 Å². The quantitative estimate of drug-likeness (QED) is 0.827. The Bertz CT molecular complexity index is 402. The molecule has 0 aliphatic carbocycles. The molecule has 2 rings (SSSR count). The van der Waals surface area contributed by atoms with Crippen LogP contribution in [0.5, 0.6) is 0 Å². The zero-order chi connectivity index (χ0) is 11.2. The Kier molecular flexibility index (Phi) is 4.34. The molecule has 1 aromatic carbocycles. The third-order valence-electron chi connectivity index (χ3n) is 2.24. The van der Waals surface area contributed by atoms with Gasteiger partial charge in [0.2, 0.25) is 0 Å². The molecule has 0 spiro atoms. The number of aromatic nitrogens is 1. The average Bonchev–Trinajstić information content (AvgIpc) is 2.83. The SMILES string of the molecule is ClC(CNCc1nccs1)c1ccccc1. The van der Waals surface area contributed by atoms with E-state index >= 15 is 0 Å². The van der Waals surface area contributed by atoms with Crippen LogP contribution in [0.4, 0.5) is 0 Å². The summed E-state index contributed by atoms with van der Waals surface area (Å²) in [4.78, 5) is 4.20. The van der Waals surface area contributed by atoms with E-state index in [4.69, 9.17) is 11.6 Å². The number of halogens is 1. The maximum Gasteiger partial charge on any atom is 0.106 e. The Balaban J connectivity index is 1.78. The molecule has 1 atom stereocenters. The fourth-order valence-electron chi connectivity index (χ4n) is 1.43. The molecule has 0 aliphatic rings. The first-order chi connectivity index (χ1) is 7.86. The summed E-state index contributed by atoms with van der Waals surface area (Å²) in [6.07, 6.45) is 1.82. The van der Waals surface area contributed by atoms with Crippen LogP contribution in [-0.2, 0) is 6.54 Å². The van der Waals surface area contributed by atoms with E-state index in [1.165, 1.54) is 0 Å². The zero-order valence-corrected chi connectivity index (χ0v) is 10.3. The smallest absolute Gasteiger partial charge is 0.106 e. The van der Waals surface area contributed by atoms with E-state index in [2.05, 4.69) is 10.3 Å². The summed E-state index contributed by atoms with van der Waals surface area (Å²) in [5, 5.41) is 6.39. The molecule has 1 unspecified atom stereocenters. The van der Waals surface area contributed by atoms with Crippen molar-refractivity contribution in [2.75, 3.05) is 6.54 Å². The van der Waals surface area contributed by atoms with Gasteiger partial charge in [-0.05, 0) is 5.56 Å². The van der Waals surface area contributed by atoms with Crippen LogP contribution in [0, 0.1) is 0 Å². The van der Waals surface area contributed by atoms with Gasteiger partial charge in [-0.3, -0.25) is 0 Å². The van der Waals surface area contributed by atoms with Crippen molar-refractivity contribution < 1.29 is 0 Å². The van der Waals surface area contributed by atoms with Crippen LogP contribution < -0.4 is 5.32 Å². The van der Waals surface area contributed by atoms with Gasteiger partial charge in [0.1, 0.15) is 5.01 Å². The predicted molar refractivity (Wildman–Crippen MR) is 68.9 cm³/mol. The molecular weight excluding hydrogens is 240 g/mol. The van der Waals surface area contributed by atoms with E-state index in [-0.39, 0.29) is 5.38 Å². The van der Waals surface area contributed by atoms with Crippen molar-refractivity contribution in [3.8, 4) is 0 Å². The lowest BCUT2D eigenvalue weighted by Crippen LogP contribution is -2.18. The third kappa shape index (κ3) is 3.30. The first-order valence-electron chi connectivity index (χ1n) is 5.14. The molecule has 4 heteroatoms. The second-order valence-electron chi connectivity index (χ2n) is 3.43. The second-order valence-corrected chi connectivity index (χ2v) is 4.94. The van der Waals surface area contributed by atoms with Crippen LogP contribution in [0.15, 0.2) is 41.9 Å². The zero-order valence-electron chi connectivity index (χ0n) is 8.77. The molecule has 16 heavy (non-hydrogen) atoms. The molecular formula is C12H13ClN2S. The molecule has 2 nitrogen and oxygen atoms in total. The van der Waals surface area contributed by atoms with Gasteiger partial charge in [0.15, 0.2) is 0 Å². The van der Waals surface area contributed by atoms with E-state index in [9.17, 15) is 0 Å². The number of alkyl halides is 1.